The van der Waals surface area contributed by atoms with Crippen LogP contribution in [0, 0.1) is 11.8 Å². The summed E-state index contributed by atoms with van der Waals surface area (Å²) < 4.78 is 5.59. The highest BCUT2D eigenvalue weighted by Gasteiger charge is 1.99. The fraction of sp³-hybridized carbons (Fsp3) is 0.647. The average Bonchev–Trinajstić information content (AvgIpc) is 2.30. The lowest BCUT2D eigenvalue weighted by Gasteiger charge is -2.08. The molecule has 0 amide bonds. The molecule has 0 aromatic heterocycles. The Kier molecular flexibility index (Phi) is 7.04. The van der Waals surface area contributed by atoms with Gasteiger partial charge in [-0.25, -0.2) is 0 Å². The van der Waals surface area contributed by atoms with Gasteiger partial charge in [0.1, 0.15) is 0 Å². The zero-order valence-corrected chi connectivity index (χ0v) is 12.4. The highest BCUT2D eigenvalue weighted by Crippen LogP contribution is 2.11. The van der Waals surface area contributed by atoms with E-state index in [9.17, 15) is 0 Å². The van der Waals surface area contributed by atoms with Crippen LogP contribution in [0.5, 0.6) is 0 Å². The van der Waals surface area contributed by atoms with Gasteiger partial charge in [-0.1, -0.05) is 52.0 Å². The normalized spacial score (nSPS) is 11.4. The number of ether oxygens (including phenoxy) is 1. The summed E-state index contributed by atoms with van der Waals surface area (Å²) >= 11 is 0. The zero-order chi connectivity index (χ0) is 13.4. The van der Waals surface area contributed by atoms with E-state index in [2.05, 4.69) is 52.0 Å². The van der Waals surface area contributed by atoms with Crippen LogP contribution in [0.25, 0.3) is 0 Å². The lowest BCUT2D eigenvalue weighted by Crippen LogP contribution is -2.04. The largest absolute Gasteiger partial charge is 0.381 e. The van der Waals surface area contributed by atoms with Gasteiger partial charge in [-0.05, 0) is 42.2 Å². The highest BCUT2D eigenvalue weighted by atomic mass is 16.5. The second-order valence-electron chi connectivity index (χ2n) is 5.99. The Labute approximate surface area is 113 Å². The van der Waals surface area contributed by atoms with Crippen LogP contribution in [-0.2, 0) is 17.6 Å². The van der Waals surface area contributed by atoms with Crippen LogP contribution >= 0.6 is 0 Å². The maximum absolute atomic E-state index is 5.59. The van der Waals surface area contributed by atoms with Crippen LogP contribution in [0.3, 0.4) is 0 Å². The van der Waals surface area contributed by atoms with Crippen LogP contribution in [0.2, 0.25) is 0 Å². The fourth-order valence-electron chi connectivity index (χ4n) is 2.01. The highest BCUT2D eigenvalue weighted by molar-refractivity contribution is 5.22. The summed E-state index contributed by atoms with van der Waals surface area (Å²) in [5, 5.41) is 0. The van der Waals surface area contributed by atoms with Crippen molar-refractivity contribution in [3.8, 4) is 0 Å². The van der Waals surface area contributed by atoms with Gasteiger partial charge in [0.2, 0.25) is 0 Å². The minimum absolute atomic E-state index is 0.639. The Morgan fingerprint density at radius 1 is 0.889 bits per heavy atom. The smallest absolute Gasteiger partial charge is 0.0488 e. The van der Waals surface area contributed by atoms with Crippen molar-refractivity contribution in [2.24, 2.45) is 11.8 Å². The van der Waals surface area contributed by atoms with Crippen molar-refractivity contribution in [1.29, 1.82) is 0 Å². The van der Waals surface area contributed by atoms with Gasteiger partial charge in [-0.2, -0.15) is 0 Å². The molecular weight excluding hydrogens is 220 g/mol. The molecule has 102 valence electrons. The quantitative estimate of drug-likeness (QED) is 0.616. The van der Waals surface area contributed by atoms with E-state index in [0.29, 0.717) is 5.92 Å². The first kappa shape index (κ1) is 15.2. The third kappa shape index (κ3) is 6.80. The number of benzene rings is 1. The maximum atomic E-state index is 5.59. The van der Waals surface area contributed by atoms with Gasteiger partial charge in [0, 0.05) is 13.2 Å². The Bertz CT molecular complexity index is 311. The van der Waals surface area contributed by atoms with Crippen molar-refractivity contribution in [1.82, 2.24) is 0 Å². The molecule has 1 heteroatoms. The molecule has 1 aromatic carbocycles. The third-order valence-electron chi connectivity index (χ3n) is 2.87. The van der Waals surface area contributed by atoms with E-state index in [1.807, 2.05) is 0 Å². The van der Waals surface area contributed by atoms with Gasteiger partial charge in [-0.15, -0.1) is 0 Å². The summed E-state index contributed by atoms with van der Waals surface area (Å²) in [6, 6.07) is 9.06. The van der Waals surface area contributed by atoms with E-state index < -0.39 is 0 Å². The van der Waals surface area contributed by atoms with E-state index in [-0.39, 0.29) is 0 Å². The van der Waals surface area contributed by atoms with Crippen LogP contribution in [-0.4, -0.2) is 13.2 Å². The molecule has 1 nitrogen and oxygen atoms in total. The van der Waals surface area contributed by atoms with Crippen LogP contribution < -0.4 is 0 Å². The molecule has 0 N–H and O–H groups in total. The minimum atomic E-state index is 0.639. The Morgan fingerprint density at radius 2 is 1.50 bits per heavy atom. The summed E-state index contributed by atoms with van der Waals surface area (Å²) in [6.07, 6.45) is 3.42. The van der Waals surface area contributed by atoms with Crippen molar-refractivity contribution in [3.05, 3.63) is 35.4 Å². The molecule has 0 aliphatic heterocycles. The van der Waals surface area contributed by atoms with Gasteiger partial charge < -0.3 is 4.74 Å². The molecule has 0 fully saturated rings. The van der Waals surface area contributed by atoms with Crippen LogP contribution in [0.15, 0.2) is 24.3 Å². The molecule has 0 bridgehead atoms. The molecule has 0 saturated carbocycles. The van der Waals surface area contributed by atoms with Crippen molar-refractivity contribution < 1.29 is 4.74 Å². The summed E-state index contributed by atoms with van der Waals surface area (Å²) in [4.78, 5) is 0. The predicted octanol–water partition coefficient (Wildman–Crippen LogP) is 4.49. The van der Waals surface area contributed by atoms with Crippen molar-refractivity contribution in [2.75, 3.05) is 13.2 Å². The monoisotopic (exact) mass is 248 g/mol. The van der Waals surface area contributed by atoms with Gasteiger partial charge >= 0.3 is 0 Å². The SMILES string of the molecule is CC(C)COCCCc1ccc(CC(C)C)cc1. The summed E-state index contributed by atoms with van der Waals surface area (Å²) in [7, 11) is 0. The van der Waals surface area contributed by atoms with Crippen LogP contribution in [0.1, 0.15) is 45.2 Å². The molecule has 0 heterocycles. The first-order valence-corrected chi connectivity index (χ1v) is 7.23. The lowest BCUT2D eigenvalue weighted by molar-refractivity contribution is 0.108. The molecule has 0 atom stereocenters. The molecule has 0 spiro atoms. The molecule has 0 saturated heterocycles. The van der Waals surface area contributed by atoms with Gasteiger partial charge in [0.25, 0.3) is 0 Å². The molecule has 0 aliphatic rings. The minimum Gasteiger partial charge on any atom is -0.381 e. The van der Waals surface area contributed by atoms with E-state index >= 15 is 0 Å². The summed E-state index contributed by atoms with van der Waals surface area (Å²) in [6.45, 7) is 10.7. The zero-order valence-electron chi connectivity index (χ0n) is 12.4. The molecule has 1 rings (SSSR count). The van der Waals surface area contributed by atoms with E-state index in [0.717, 1.165) is 32.0 Å². The Hall–Kier alpha value is -0.820. The molecule has 0 aliphatic carbocycles. The second-order valence-corrected chi connectivity index (χ2v) is 5.99. The molecule has 1 aromatic rings. The van der Waals surface area contributed by atoms with E-state index in [1.165, 1.54) is 17.5 Å². The first-order valence-electron chi connectivity index (χ1n) is 7.23. The maximum Gasteiger partial charge on any atom is 0.0488 e. The van der Waals surface area contributed by atoms with Gasteiger partial charge in [-0.3, -0.25) is 0 Å². The molecule has 18 heavy (non-hydrogen) atoms. The number of hydrogen-bond donors (Lipinski definition) is 0. The molecular formula is C17H28O. The van der Waals surface area contributed by atoms with E-state index in [1.54, 1.807) is 0 Å². The number of aryl methyl sites for hydroxylation is 1. The second kappa shape index (κ2) is 8.31. The predicted molar refractivity (Wildman–Crippen MR) is 79.0 cm³/mol. The fourth-order valence-corrected chi connectivity index (χ4v) is 2.01. The average molecular weight is 248 g/mol. The molecule has 0 radical (unpaired) electrons. The van der Waals surface area contributed by atoms with Crippen molar-refractivity contribution >= 4 is 0 Å². The first-order chi connectivity index (χ1) is 8.58. The van der Waals surface area contributed by atoms with Crippen molar-refractivity contribution in [2.45, 2.75) is 47.0 Å². The Morgan fingerprint density at radius 3 is 2.06 bits per heavy atom. The standard InChI is InChI=1S/C17H28O/c1-14(2)12-17-9-7-16(8-10-17)6-5-11-18-13-15(3)4/h7-10,14-15H,5-6,11-13H2,1-4H3. The third-order valence-corrected chi connectivity index (χ3v) is 2.87. The van der Waals surface area contributed by atoms with E-state index in [4.69, 9.17) is 4.74 Å². The number of hydrogen-bond acceptors (Lipinski definition) is 1. The van der Waals surface area contributed by atoms with Gasteiger partial charge in [0.05, 0.1) is 0 Å². The van der Waals surface area contributed by atoms with Crippen molar-refractivity contribution in [3.63, 3.8) is 0 Å². The van der Waals surface area contributed by atoms with Gasteiger partial charge in [0.15, 0.2) is 0 Å². The summed E-state index contributed by atoms with van der Waals surface area (Å²) in [5.74, 6) is 1.38. The Balaban J connectivity index is 2.22. The number of rotatable bonds is 8. The molecule has 0 unspecified atom stereocenters. The lowest BCUT2D eigenvalue weighted by atomic mass is 10.0. The summed E-state index contributed by atoms with van der Waals surface area (Å²) in [5.41, 5.74) is 2.88. The van der Waals surface area contributed by atoms with Crippen LogP contribution in [0.4, 0.5) is 0 Å². The topological polar surface area (TPSA) is 9.23 Å².